The van der Waals surface area contributed by atoms with Crippen LogP contribution in [0.4, 0.5) is 0 Å². The van der Waals surface area contributed by atoms with E-state index in [2.05, 4.69) is 0 Å². The number of phenolic OH excluding ortho intramolecular Hbond substituents is 10. The molecule has 0 aromatic heterocycles. The quantitative estimate of drug-likeness (QED) is 0.0575. The highest BCUT2D eigenvalue weighted by molar-refractivity contribution is 6.08. The minimum absolute atomic E-state index is 0.172. The first-order valence-corrected chi connectivity index (χ1v) is 16.5. The van der Waals surface area contributed by atoms with Crippen LogP contribution in [0.25, 0.3) is 23.3 Å². The number of carbonyl (C=O) groups excluding carboxylic acids is 4. The summed E-state index contributed by atoms with van der Waals surface area (Å²) in [6, 6.07) is 8.14. The van der Waals surface area contributed by atoms with Gasteiger partial charge in [0.1, 0.15) is 12.7 Å². The summed E-state index contributed by atoms with van der Waals surface area (Å²) >= 11 is 0. The van der Waals surface area contributed by atoms with Crippen molar-refractivity contribution >= 4 is 36.0 Å². The van der Waals surface area contributed by atoms with Crippen molar-refractivity contribution in [3.8, 4) is 68.6 Å². The van der Waals surface area contributed by atoms with E-state index < -0.39 is 141 Å². The second-order valence-corrected chi connectivity index (χ2v) is 12.5. The molecule has 0 radical (unpaired) electrons. The van der Waals surface area contributed by atoms with Crippen molar-refractivity contribution in [3.05, 3.63) is 82.9 Å². The maximum Gasteiger partial charge on any atom is 0.339 e. The maximum absolute atomic E-state index is 14.0. The Morgan fingerprint density at radius 3 is 1.59 bits per heavy atom. The first-order chi connectivity index (χ1) is 27.4. The molecule has 2 aliphatic rings. The summed E-state index contributed by atoms with van der Waals surface area (Å²) in [4.78, 5) is 53.7. The molecule has 0 unspecified atom stereocenters. The molecule has 2 heterocycles. The summed E-state index contributed by atoms with van der Waals surface area (Å²) in [6.45, 7) is -1.00. The smallest absolute Gasteiger partial charge is 0.339 e. The van der Waals surface area contributed by atoms with E-state index in [-0.39, 0.29) is 11.1 Å². The van der Waals surface area contributed by atoms with Gasteiger partial charge in [-0.25, -0.2) is 19.2 Å². The minimum Gasteiger partial charge on any atom is -0.504 e. The molecule has 0 amide bonds. The van der Waals surface area contributed by atoms with E-state index in [0.717, 1.165) is 48.6 Å². The molecule has 4 aromatic carbocycles. The second kappa shape index (κ2) is 15.7. The fourth-order valence-corrected chi connectivity index (χ4v) is 5.89. The summed E-state index contributed by atoms with van der Waals surface area (Å²) in [5.41, 5.74) is -3.22. The zero-order valence-corrected chi connectivity index (χ0v) is 29.1. The van der Waals surface area contributed by atoms with Gasteiger partial charge < -0.3 is 79.9 Å². The molecule has 0 spiro atoms. The average molecular weight is 807 g/mol. The molecule has 5 atom stereocenters. The van der Waals surface area contributed by atoms with E-state index in [1.54, 1.807) is 0 Å². The van der Waals surface area contributed by atoms with Gasteiger partial charge in [0.05, 0.1) is 11.1 Å². The third-order valence-electron chi connectivity index (χ3n) is 8.74. The molecule has 20 nitrogen and oxygen atoms in total. The Hall–Kier alpha value is -7.84. The van der Waals surface area contributed by atoms with Crippen LogP contribution in [0, 0.1) is 0 Å². The van der Waals surface area contributed by atoms with E-state index >= 15 is 0 Å². The van der Waals surface area contributed by atoms with Crippen molar-refractivity contribution in [3.63, 3.8) is 0 Å². The number of aliphatic hydroxyl groups excluding tert-OH is 1. The van der Waals surface area contributed by atoms with Gasteiger partial charge in [-0.1, -0.05) is 12.1 Å². The zero-order valence-electron chi connectivity index (χ0n) is 29.1. The number of fused-ring (bicyclic) bond motifs is 4. The van der Waals surface area contributed by atoms with Gasteiger partial charge in [-0.05, 0) is 59.7 Å². The highest BCUT2D eigenvalue weighted by atomic mass is 16.7. The predicted octanol–water partition coefficient (Wildman–Crippen LogP) is 2.07. The van der Waals surface area contributed by atoms with Gasteiger partial charge in [0.2, 0.25) is 17.8 Å². The molecule has 302 valence electrons. The molecule has 11 N–H and O–H groups in total. The van der Waals surface area contributed by atoms with Crippen molar-refractivity contribution in [1.82, 2.24) is 0 Å². The zero-order chi connectivity index (χ0) is 42.2. The lowest BCUT2D eigenvalue weighted by Gasteiger charge is -2.42. The van der Waals surface area contributed by atoms with E-state index in [1.807, 2.05) is 0 Å². The fraction of sp³-hybridized carbons (Fsp3) is 0.158. The average Bonchev–Trinajstić information content (AvgIpc) is 3.19. The lowest BCUT2D eigenvalue weighted by atomic mass is 9.92. The molecule has 20 heteroatoms. The fourth-order valence-electron chi connectivity index (χ4n) is 5.89. The van der Waals surface area contributed by atoms with Gasteiger partial charge >= 0.3 is 23.9 Å². The Bertz CT molecular complexity index is 2400. The monoisotopic (exact) mass is 806 g/mol. The highest BCUT2D eigenvalue weighted by Gasteiger charge is 2.52. The van der Waals surface area contributed by atoms with Crippen molar-refractivity contribution in [1.29, 1.82) is 0 Å². The standard InChI is InChI=1S/C38H30O20/c39-18-5-1-14(9-20(18)41)3-7-25(45)56-35-33(51)38(57-26(46)8-4-15-2-6-19(40)21(42)10-15)55-24-13-54-36(52)16-11-22(43)29(47)31(49)27(16)28-17(37(53)58-34(24)35)12-23(44)30(48)32(28)50/h1-12,24,33-35,38-44,47-51H,13H2/b7-3+,8-4+/t24-,33-,34-,35-,38+/m1/s1. The van der Waals surface area contributed by atoms with Crippen LogP contribution >= 0.6 is 0 Å². The number of aromatic hydroxyl groups is 10. The molecule has 58 heavy (non-hydrogen) atoms. The summed E-state index contributed by atoms with van der Waals surface area (Å²) in [6.07, 6.45) is -6.41. The van der Waals surface area contributed by atoms with E-state index in [1.165, 1.54) is 12.1 Å². The van der Waals surface area contributed by atoms with Crippen LogP contribution in [0.15, 0.2) is 60.7 Å². The molecule has 6 rings (SSSR count). The second-order valence-electron chi connectivity index (χ2n) is 12.5. The molecule has 1 fully saturated rings. The van der Waals surface area contributed by atoms with Gasteiger partial charge in [-0.2, -0.15) is 0 Å². The molecular weight excluding hydrogens is 776 g/mol. The van der Waals surface area contributed by atoms with Crippen LogP contribution in [0.1, 0.15) is 31.8 Å². The minimum atomic E-state index is -2.23. The topological polar surface area (TPSA) is 337 Å². The Labute approximate surface area is 323 Å². The number of hydrogen-bond donors (Lipinski definition) is 11. The number of carbonyl (C=O) groups is 4. The Morgan fingerprint density at radius 1 is 0.603 bits per heavy atom. The number of aliphatic hydroxyl groups is 1. The van der Waals surface area contributed by atoms with Crippen LogP contribution in [-0.4, -0.2) is 117 Å². The summed E-state index contributed by atoms with van der Waals surface area (Å²) in [7, 11) is 0. The number of ether oxygens (including phenoxy) is 5. The number of phenols is 10. The SMILES string of the molecule is O=C(/C=C/c1ccc(O)c(O)c1)O[C@@H]1O[C@@H]2COC(=O)c3cc(O)c(O)c(O)c3-c3c(cc(O)c(O)c3O)C(=O)O[C@H]2[C@H](OC(=O)/C=C/c2ccc(O)c(O)c2)[C@H]1O. The van der Waals surface area contributed by atoms with Gasteiger partial charge in [0.25, 0.3) is 0 Å². The van der Waals surface area contributed by atoms with Crippen molar-refractivity contribution in [2.24, 2.45) is 0 Å². The molecule has 0 bridgehead atoms. The highest BCUT2D eigenvalue weighted by Crippen LogP contribution is 2.53. The van der Waals surface area contributed by atoms with Gasteiger partial charge in [-0.3, -0.25) is 0 Å². The maximum atomic E-state index is 14.0. The van der Waals surface area contributed by atoms with Gasteiger partial charge in [-0.15, -0.1) is 0 Å². The third-order valence-corrected chi connectivity index (χ3v) is 8.74. The lowest BCUT2D eigenvalue weighted by molar-refractivity contribution is -0.292. The molecule has 4 aromatic rings. The van der Waals surface area contributed by atoms with Crippen LogP contribution in [0.2, 0.25) is 0 Å². The number of cyclic esters (lactones) is 1. The van der Waals surface area contributed by atoms with E-state index in [4.69, 9.17) is 23.7 Å². The Morgan fingerprint density at radius 2 is 1.09 bits per heavy atom. The first-order valence-electron chi connectivity index (χ1n) is 16.5. The largest absolute Gasteiger partial charge is 0.504 e. The van der Waals surface area contributed by atoms with Gasteiger partial charge in [0.15, 0.2) is 64.3 Å². The van der Waals surface area contributed by atoms with Crippen LogP contribution < -0.4 is 0 Å². The Balaban J connectivity index is 1.41. The van der Waals surface area contributed by atoms with Crippen molar-refractivity contribution in [2.75, 3.05) is 6.61 Å². The summed E-state index contributed by atoms with van der Waals surface area (Å²) in [5, 5.41) is 113. The van der Waals surface area contributed by atoms with Gasteiger partial charge in [0, 0.05) is 23.3 Å². The third kappa shape index (κ3) is 7.80. The molecule has 2 aliphatic heterocycles. The van der Waals surface area contributed by atoms with E-state index in [9.17, 15) is 75.3 Å². The van der Waals surface area contributed by atoms with E-state index in [0.29, 0.717) is 12.1 Å². The first kappa shape index (κ1) is 39.8. The lowest BCUT2D eigenvalue weighted by Crippen LogP contribution is -2.62. The molecule has 0 aliphatic carbocycles. The summed E-state index contributed by atoms with van der Waals surface area (Å²) in [5.74, 6) is -14.9. The number of rotatable bonds is 6. The van der Waals surface area contributed by atoms with Crippen molar-refractivity contribution in [2.45, 2.75) is 30.7 Å². The predicted molar refractivity (Wildman–Crippen MR) is 190 cm³/mol. The van der Waals surface area contributed by atoms with Crippen molar-refractivity contribution < 1.29 is 99.0 Å². The molecule has 1 saturated heterocycles. The number of hydrogen-bond acceptors (Lipinski definition) is 20. The van der Waals surface area contributed by atoms with Crippen LogP contribution in [-0.2, 0) is 33.3 Å². The Kier molecular flexibility index (Phi) is 10.8. The summed E-state index contributed by atoms with van der Waals surface area (Å²) < 4.78 is 27.4. The van der Waals surface area contributed by atoms with Crippen LogP contribution in [0.5, 0.6) is 57.5 Å². The molecular formula is C38H30O20. The molecule has 0 saturated carbocycles. The van der Waals surface area contributed by atoms with Crippen LogP contribution in [0.3, 0.4) is 0 Å². The normalized spacial score (nSPS) is 20.5. The number of benzene rings is 4. The number of esters is 4.